The summed E-state index contributed by atoms with van der Waals surface area (Å²) in [6, 6.07) is -4.15. The van der Waals surface area contributed by atoms with Crippen LogP contribution in [0.25, 0.3) is 0 Å². The molecular formula is C23H45N7O6. The molecule has 0 aromatic heterocycles. The first-order valence-electron chi connectivity index (χ1n) is 12.5. The number of amides is 4. The molecule has 0 rings (SSSR count). The normalized spacial score (nSPS) is 14.4. The van der Waals surface area contributed by atoms with E-state index in [1.807, 2.05) is 13.8 Å². The Morgan fingerprint density at radius 2 is 1.19 bits per heavy atom. The van der Waals surface area contributed by atoms with Gasteiger partial charge in [-0.25, -0.2) is 4.79 Å². The predicted octanol–water partition coefficient (Wildman–Crippen LogP) is -1.58. The lowest BCUT2D eigenvalue weighted by Gasteiger charge is -2.26. The molecule has 4 unspecified atom stereocenters. The minimum absolute atomic E-state index is 0.00840. The molecule has 36 heavy (non-hydrogen) atoms. The van der Waals surface area contributed by atoms with E-state index in [1.165, 1.54) is 0 Å². The number of carboxylic acids is 1. The lowest BCUT2D eigenvalue weighted by Crippen LogP contribution is -2.57. The average molecular weight is 516 g/mol. The first-order valence-corrected chi connectivity index (χ1v) is 12.5. The van der Waals surface area contributed by atoms with Crippen LogP contribution in [0.3, 0.4) is 0 Å². The number of carbonyl (C=O) groups excluding carboxylic acids is 4. The fourth-order valence-electron chi connectivity index (χ4n) is 3.47. The van der Waals surface area contributed by atoms with Gasteiger partial charge in [0.05, 0.1) is 6.04 Å². The van der Waals surface area contributed by atoms with E-state index < -0.39 is 53.8 Å². The Hall–Kier alpha value is -2.77. The monoisotopic (exact) mass is 515 g/mol. The van der Waals surface area contributed by atoms with Crippen molar-refractivity contribution in [3.05, 3.63) is 0 Å². The molecule has 0 fully saturated rings. The van der Waals surface area contributed by atoms with Gasteiger partial charge in [0.25, 0.3) is 0 Å². The van der Waals surface area contributed by atoms with Crippen LogP contribution < -0.4 is 38.9 Å². The van der Waals surface area contributed by atoms with Crippen molar-refractivity contribution in [2.75, 3.05) is 13.1 Å². The molecule has 0 saturated heterocycles. The molecule has 0 saturated carbocycles. The zero-order valence-electron chi connectivity index (χ0n) is 21.5. The highest BCUT2D eigenvalue weighted by atomic mass is 16.4. The molecule has 0 radical (unpaired) electrons. The molecular weight excluding hydrogens is 470 g/mol. The molecule has 13 heteroatoms. The number of carboxylic acid groups (broad SMARTS) is 1. The number of nitrogens with one attached hydrogen (secondary N) is 3. The van der Waals surface area contributed by atoms with E-state index in [0.29, 0.717) is 38.8 Å². The molecule has 12 N–H and O–H groups in total. The third-order valence-electron chi connectivity index (χ3n) is 5.52. The van der Waals surface area contributed by atoms with Crippen LogP contribution in [0.15, 0.2) is 0 Å². The van der Waals surface area contributed by atoms with Gasteiger partial charge in [-0.2, -0.15) is 0 Å². The Balaban J connectivity index is 5.45. The van der Waals surface area contributed by atoms with Gasteiger partial charge in [0.1, 0.15) is 18.1 Å². The summed E-state index contributed by atoms with van der Waals surface area (Å²) in [5, 5.41) is 17.2. The van der Waals surface area contributed by atoms with Gasteiger partial charge >= 0.3 is 5.97 Å². The quantitative estimate of drug-likeness (QED) is 0.0870. The number of nitrogens with two attached hydrogens (primary N) is 4. The van der Waals surface area contributed by atoms with Gasteiger partial charge < -0.3 is 44.0 Å². The van der Waals surface area contributed by atoms with Gasteiger partial charge in [-0.15, -0.1) is 0 Å². The smallest absolute Gasteiger partial charge is 0.326 e. The number of hydrogen-bond donors (Lipinski definition) is 8. The Morgan fingerprint density at radius 3 is 1.67 bits per heavy atom. The second kappa shape index (κ2) is 18.5. The van der Waals surface area contributed by atoms with Crippen molar-refractivity contribution in [1.29, 1.82) is 0 Å². The van der Waals surface area contributed by atoms with Gasteiger partial charge in [-0.3, -0.25) is 19.2 Å². The van der Waals surface area contributed by atoms with Crippen molar-refractivity contribution in [3.8, 4) is 0 Å². The molecule has 0 aliphatic rings. The lowest BCUT2D eigenvalue weighted by molar-refractivity contribution is -0.142. The predicted molar refractivity (Wildman–Crippen MR) is 135 cm³/mol. The molecule has 0 bridgehead atoms. The van der Waals surface area contributed by atoms with Crippen LogP contribution in [0, 0.1) is 5.92 Å². The summed E-state index contributed by atoms with van der Waals surface area (Å²) in [5.41, 5.74) is 21.9. The van der Waals surface area contributed by atoms with Crippen molar-refractivity contribution in [3.63, 3.8) is 0 Å². The summed E-state index contributed by atoms with van der Waals surface area (Å²) < 4.78 is 0. The minimum atomic E-state index is -1.17. The third kappa shape index (κ3) is 14.6. The summed E-state index contributed by atoms with van der Waals surface area (Å²) in [6.45, 7) is 4.54. The van der Waals surface area contributed by atoms with E-state index in [1.54, 1.807) is 0 Å². The highest BCUT2D eigenvalue weighted by molar-refractivity contribution is 5.94. The number of unbranched alkanes of at least 4 members (excludes halogenated alkanes) is 2. The van der Waals surface area contributed by atoms with E-state index in [-0.39, 0.29) is 38.0 Å². The fourth-order valence-corrected chi connectivity index (χ4v) is 3.47. The number of carbonyl (C=O) groups is 5. The standard InChI is InChI=1S/C23H45N7O6/c1-14(2)13-18(22(34)29-17(23(35)36)8-4-6-12-25)30-21(33)16(7-3-5-11-24)28-20(32)15(26)9-10-19(27)31/h14-18H,3-13,24-26H2,1-2H3,(H2,27,31)(H,28,32)(H,29,34)(H,30,33)(H,35,36). The Labute approximate surface area is 212 Å². The van der Waals surface area contributed by atoms with E-state index in [4.69, 9.17) is 22.9 Å². The van der Waals surface area contributed by atoms with Gasteiger partial charge in [0.15, 0.2) is 0 Å². The zero-order chi connectivity index (χ0) is 27.7. The number of aliphatic carboxylic acids is 1. The molecule has 13 nitrogen and oxygen atoms in total. The zero-order valence-corrected chi connectivity index (χ0v) is 21.5. The molecule has 4 amide bonds. The molecule has 0 aliphatic carbocycles. The third-order valence-corrected chi connectivity index (χ3v) is 5.52. The maximum atomic E-state index is 13.1. The first-order chi connectivity index (χ1) is 16.9. The fraction of sp³-hybridized carbons (Fsp3) is 0.783. The maximum Gasteiger partial charge on any atom is 0.326 e. The maximum absolute atomic E-state index is 13.1. The summed E-state index contributed by atoms with van der Waals surface area (Å²) >= 11 is 0. The minimum Gasteiger partial charge on any atom is -0.480 e. The first kappa shape index (κ1) is 33.2. The molecule has 4 atom stereocenters. The van der Waals surface area contributed by atoms with Crippen molar-refractivity contribution in [2.24, 2.45) is 28.9 Å². The SMILES string of the molecule is CC(C)CC(NC(=O)C(CCCCN)NC(=O)C(N)CCC(N)=O)C(=O)NC(CCCCN)C(=O)O. The molecule has 0 aromatic carbocycles. The second-order valence-electron chi connectivity index (χ2n) is 9.33. The Bertz CT molecular complexity index is 719. The topological polar surface area (TPSA) is 246 Å². The van der Waals surface area contributed by atoms with Crippen LogP contribution in [-0.2, 0) is 24.0 Å². The average Bonchev–Trinajstić information content (AvgIpc) is 2.80. The van der Waals surface area contributed by atoms with E-state index in [2.05, 4.69) is 16.0 Å². The van der Waals surface area contributed by atoms with Crippen LogP contribution in [0.5, 0.6) is 0 Å². The molecule has 0 heterocycles. The van der Waals surface area contributed by atoms with Crippen molar-refractivity contribution < 1.29 is 29.1 Å². The number of primary amides is 1. The molecule has 208 valence electrons. The van der Waals surface area contributed by atoms with Crippen LogP contribution >= 0.6 is 0 Å². The second-order valence-corrected chi connectivity index (χ2v) is 9.33. The summed E-state index contributed by atoms with van der Waals surface area (Å²) in [5.74, 6) is -3.61. The van der Waals surface area contributed by atoms with Crippen LogP contribution in [0.4, 0.5) is 0 Å². The molecule has 0 aliphatic heterocycles. The van der Waals surface area contributed by atoms with Crippen LogP contribution in [0.1, 0.15) is 71.6 Å². The largest absolute Gasteiger partial charge is 0.480 e. The van der Waals surface area contributed by atoms with Gasteiger partial charge in [0.2, 0.25) is 23.6 Å². The van der Waals surface area contributed by atoms with Crippen molar-refractivity contribution >= 4 is 29.6 Å². The van der Waals surface area contributed by atoms with Gasteiger partial charge in [-0.1, -0.05) is 13.8 Å². The van der Waals surface area contributed by atoms with E-state index in [9.17, 15) is 29.1 Å². The Kier molecular flexibility index (Phi) is 17.1. The number of rotatable bonds is 20. The lowest BCUT2D eigenvalue weighted by atomic mass is 10.0. The Morgan fingerprint density at radius 1 is 0.722 bits per heavy atom. The van der Waals surface area contributed by atoms with Gasteiger partial charge in [-0.05, 0) is 70.4 Å². The van der Waals surface area contributed by atoms with Crippen LogP contribution in [-0.4, -0.2) is 72.0 Å². The molecule has 0 spiro atoms. The number of hydrogen-bond acceptors (Lipinski definition) is 8. The van der Waals surface area contributed by atoms with E-state index in [0.717, 1.165) is 0 Å². The highest BCUT2D eigenvalue weighted by Gasteiger charge is 2.30. The van der Waals surface area contributed by atoms with Crippen molar-refractivity contribution in [2.45, 2.75) is 95.8 Å². The van der Waals surface area contributed by atoms with Crippen LogP contribution in [0.2, 0.25) is 0 Å². The summed E-state index contributed by atoms with van der Waals surface area (Å²) in [6.07, 6.45) is 2.97. The van der Waals surface area contributed by atoms with Gasteiger partial charge in [0, 0.05) is 6.42 Å². The molecule has 0 aromatic rings. The summed E-state index contributed by atoms with van der Waals surface area (Å²) in [4.78, 5) is 61.1. The summed E-state index contributed by atoms with van der Waals surface area (Å²) in [7, 11) is 0. The van der Waals surface area contributed by atoms with Crippen molar-refractivity contribution in [1.82, 2.24) is 16.0 Å². The van der Waals surface area contributed by atoms with E-state index >= 15 is 0 Å². The highest BCUT2D eigenvalue weighted by Crippen LogP contribution is 2.09.